The first-order valence-corrected chi connectivity index (χ1v) is 13.5. The summed E-state index contributed by atoms with van der Waals surface area (Å²) in [5, 5.41) is 3.25. The number of aromatic nitrogens is 4. The molecule has 1 fully saturated rings. The van der Waals surface area contributed by atoms with E-state index < -0.39 is 23.8 Å². The van der Waals surface area contributed by atoms with Gasteiger partial charge in [0.25, 0.3) is 0 Å². The van der Waals surface area contributed by atoms with Gasteiger partial charge in [0.15, 0.2) is 17.3 Å². The van der Waals surface area contributed by atoms with E-state index in [1.54, 1.807) is 47.1 Å². The minimum atomic E-state index is -0.888. The lowest BCUT2D eigenvalue weighted by Gasteiger charge is -2.33. The Bertz CT molecular complexity index is 1600. The second kappa shape index (κ2) is 10.8. The molecule has 1 aliphatic heterocycles. The number of benzene rings is 1. The number of pyridine rings is 2. The molecule has 4 heterocycles. The number of fused-ring (bicyclic) bond motifs is 2. The Morgan fingerprint density at radius 1 is 1.00 bits per heavy atom. The summed E-state index contributed by atoms with van der Waals surface area (Å²) in [5.41, 5.74) is 2.77. The van der Waals surface area contributed by atoms with Crippen LogP contribution in [0.5, 0.6) is 0 Å². The minimum Gasteiger partial charge on any atom is -0.440 e. The third kappa shape index (κ3) is 4.64. The smallest absolute Gasteiger partial charge is 0.410 e. The van der Waals surface area contributed by atoms with E-state index in [4.69, 9.17) is 4.74 Å². The normalized spacial score (nSPS) is 21.7. The fourth-order valence-electron chi connectivity index (χ4n) is 6.25. The number of H-pyrrole nitrogens is 1. The number of nitrogens with one attached hydrogen (secondary N) is 2. The topological polar surface area (TPSA) is 105 Å². The highest BCUT2D eigenvalue weighted by Crippen LogP contribution is 2.44. The van der Waals surface area contributed by atoms with Crippen LogP contribution in [-0.2, 0) is 4.74 Å². The first-order chi connectivity index (χ1) is 19.5. The number of amides is 1. The van der Waals surface area contributed by atoms with E-state index in [0.717, 1.165) is 17.1 Å². The van der Waals surface area contributed by atoms with Crippen molar-refractivity contribution in [1.82, 2.24) is 29.7 Å². The molecule has 3 atom stereocenters. The monoisotopic (exact) mass is 548 g/mol. The van der Waals surface area contributed by atoms with Crippen molar-refractivity contribution in [2.24, 2.45) is 0 Å². The predicted octanol–water partition coefficient (Wildman–Crippen LogP) is 4.75. The molecule has 4 aromatic rings. The lowest BCUT2D eigenvalue weighted by Crippen LogP contribution is -2.41. The van der Waals surface area contributed by atoms with Gasteiger partial charge < -0.3 is 15.0 Å². The number of likely N-dealkylation sites (N-methyl/N-ethyl adjacent to an activating group) is 1. The van der Waals surface area contributed by atoms with Gasteiger partial charge in [0, 0.05) is 43.5 Å². The molecule has 1 saturated heterocycles. The number of nitrogens with zero attached hydrogens (tertiary/aromatic N) is 4. The molecule has 2 N–H and O–H groups in total. The van der Waals surface area contributed by atoms with Gasteiger partial charge in [-0.3, -0.25) is 14.5 Å². The van der Waals surface area contributed by atoms with Crippen molar-refractivity contribution in [1.29, 1.82) is 0 Å². The number of halogens is 2. The molecule has 1 amide bonds. The van der Waals surface area contributed by atoms with Crippen LogP contribution in [0.3, 0.4) is 0 Å². The Labute approximate surface area is 229 Å². The van der Waals surface area contributed by atoms with E-state index in [1.165, 1.54) is 6.07 Å². The Morgan fingerprint density at radius 3 is 2.55 bits per heavy atom. The number of carbonyl (C=O) groups is 1. The van der Waals surface area contributed by atoms with Gasteiger partial charge >= 0.3 is 11.8 Å². The quantitative estimate of drug-likeness (QED) is 0.357. The summed E-state index contributed by atoms with van der Waals surface area (Å²) < 4.78 is 36.7. The highest BCUT2D eigenvalue weighted by Gasteiger charge is 2.37. The third-order valence-corrected chi connectivity index (χ3v) is 8.17. The number of aromatic amines is 1. The fourth-order valence-corrected chi connectivity index (χ4v) is 6.25. The molecule has 3 aromatic heterocycles. The number of imidazole rings is 1. The van der Waals surface area contributed by atoms with Gasteiger partial charge in [-0.1, -0.05) is 18.2 Å². The van der Waals surface area contributed by atoms with Crippen LogP contribution >= 0.6 is 0 Å². The molecule has 6 rings (SSSR count). The molecule has 0 saturated carbocycles. The lowest BCUT2D eigenvalue weighted by atomic mass is 9.85. The van der Waals surface area contributed by atoms with Crippen LogP contribution in [-0.4, -0.2) is 50.6 Å². The molecule has 40 heavy (non-hydrogen) atoms. The summed E-state index contributed by atoms with van der Waals surface area (Å²) in [6.45, 7) is 0.863. The van der Waals surface area contributed by atoms with Crippen molar-refractivity contribution in [2.45, 2.75) is 49.8 Å². The first-order valence-electron chi connectivity index (χ1n) is 13.5. The maximum absolute atomic E-state index is 14.9. The zero-order valence-corrected chi connectivity index (χ0v) is 22.0. The van der Waals surface area contributed by atoms with Gasteiger partial charge in [-0.25, -0.2) is 23.4 Å². The van der Waals surface area contributed by atoms with Gasteiger partial charge in [-0.2, -0.15) is 0 Å². The van der Waals surface area contributed by atoms with Crippen LogP contribution in [0.1, 0.15) is 66.6 Å². The van der Waals surface area contributed by atoms with Gasteiger partial charge in [-0.15, -0.1) is 0 Å². The van der Waals surface area contributed by atoms with Gasteiger partial charge in [0.1, 0.15) is 6.10 Å². The second-order valence-corrected chi connectivity index (χ2v) is 10.3. The standard InChI is InChI=1S/C29H30F2N6O3/c1-32-25-19(18-5-2-7-21(30)24(18)31)9-10-23(26-20(25)6-3-13-33-26)40-29(39)36-15-11-17(12-16-36)37-22-8-4-14-34-27(22)35-28(37)38/h2-8,13-14,17,19,23,25,32H,9-12,15-16H2,1H3,(H,34,35,38)/t19-,23+,25?/m0/s1. The van der Waals surface area contributed by atoms with E-state index in [0.29, 0.717) is 50.1 Å². The van der Waals surface area contributed by atoms with Crippen LogP contribution < -0.4 is 11.0 Å². The highest BCUT2D eigenvalue weighted by molar-refractivity contribution is 5.70. The molecule has 0 radical (unpaired) electrons. The summed E-state index contributed by atoms with van der Waals surface area (Å²) in [5.74, 6) is -2.13. The number of piperidine rings is 1. The highest BCUT2D eigenvalue weighted by atomic mass is 19.2. The summed E-state index contributed by atoms with van der Waals surface area (Å²) in [6, 6.07) is 11.2. The van der Waals surface area contributed by atoms with Crippen LogP contribution in [0.2, 0.25) is 0 Å². The molecule has 0 spiro atoms. The zero-order chi connectivity index (χ0) is 27.8. The molecule has 1 aliphatic carbocycles. The molecule has 1 unspecified atom stereocenters. The number of hydrogen-bond donors (Lipinski definition) is 2. The van der Waals surface area contributed by atoms with Crippen LogP contribution in [0, 0.1) is 11.6 Å². The average Bonchev–Trinajstić information content (AvgIpc) is 3.23. The molecular formula is C29H30F2N6O3. The fraction of sp³-hybridized carbons (Fsp3) is 0.379. The van der Waals surface area contributed by atoms with E-state index >= 15 is 0 Å². The molecule has 0 bridgehead atoms. The predicted molar refractivity (Wildman–Crippen MR) is 144 cm³/mol. The Kier molecular flexibility index (Phi) is 7.05. The summed E-state index contributed by atoms with van der Waals surface area (Å²) in [6.07, 6.45) is 4.25. The van der Waals surface area contributed by atoms with Crippen molar-refractivity contribution in [3.63, 3.8) is 0 Å². The Balaban J connectivity index is 1.19. The van der Waals surface area contributed by atoms with E-state index in [2.05, 4.69) is 20.3 Å². The second-order valence-electron chi connectivity index (χ2n) is 10.3. The maximum atomic E-state index is 14.9. The number of carbonyl (C=O) groups excluding carboxylic acids is 1. The minimum absolute atomic E-state index is 0.0620. The van der Waals surface area contributed by atoms with Gasteiger partial charge in [0.05, 0.1) is 11.2 Å². The number of rotatable bonds is 4. The third-order valence-electron chi connectivity index (χ3n) is 8.17. The largest absolute Gasteiger partial charge is 0.440 e. The lowest BCUT2D eigenvalue weighted by molar-refractivity contribution is 0.0472. The van der Waals surface area contributed by atoms with E-state index in [-0.39, 0.29) is 29.3 Å². The number of hydrogen-bond acceptors (Lipinski definition) is 6. The molecule has 2 aliphatic rings. The first kappa shape index (κ1) is 26.1. The van der Waals surface area contributed by atoms with Crippen molar-refractivity contribution < 1.29 is 18.3 Å². The molecule has 11 heteroatoms. The average molecular weight is 549 g/mol. The Morgan fingerprint density at radius 2 is 1.75 bits per heavy atom. The summed E-state index contributed by atoms with van der Waals surface area (Å²) in [4.78, 5) is 39.2. The molecule has 208 valence electrons. The van der Waals surface area contributed by atoms with E-state index in [1.807, 2.05) is 12.1 Å². The van der Waals surface area contributed by atoms with Crippen molar-refractivity contribution in [3.8, 4) is 0 Å². The van der Waals surface area contributed by atoms with E-state index in [9.17, 15) is 18.4 Å². The maximum Gasteiger partial charge on any atom is 0.410 e. The van der Waals surface area contributed by atoms with Gasteiger partial charge in [-0.05, 0) is 68.1 Å². The van der Waals surface area contributed by atoms with Gasteiger partial charge in [0.2, 0.25) is 0 Å². The van der Waals surface area contributed by atoms with Crippen LogP contribution in [0.4, 0.5) is 13.6 Å². The molecule has 9 nitrogen and oxygen atoms in total. The Hall–Kier alpha value is -4.12. The number of ether oxygens (including phenoxy) is 1. The summed E-state index contributed by atoms with van der Waals surface area (Å²) >= 11 is 0. The SMILES string of the molecule is CNC1c2cccnc2[C@H](OC(=O)N2CCC(n3c(=O)[nH]c4ncccc43)CC2)CC[C@H]1c1cccc(F)c1F. The zero-order valence-electron chi connectivity index (χ0n) is 22.0. The number of likely N-dealkylation sites (tertiary alicyclic amines) is 1. The van der Waals surface area contributed by atoms with Crippen LogP contribution in [0.15, 0.2) is 59.7 Å². The molecule has 1 aromatic carbocycles. The summed E-state index contributed by atoms with van der Waals surface area (Å²) in [7, 11) is 1.78. The van der Waals surface area contributed by atoms with Crippen molar-refractivity contribution >= 4 is 17.3 Å². The van der Waals surface area contributed by atoms with Crippen LogP contribution in [0.25, 0.3) is 11.2 Å². The molecular weight excluding hydrogens is 518 g/mol. The van der Waals surface area contributed by atoms with Crippen molar-refractivity contribution in [3.05, 3.63) is 93.8 Å². The van der Waals surface area contributed by atoms with Crippen molar-refractivity contribution in [2.75, 3.05) is 20.1 Å².